The smallest absolute Gasteiger partial charge is 0.121 e. The van der Waals surface area contributed by atoms with Crippen LogP contribution in [0.2, 0.25) is 0 Å². The third-order valence-electron chi connectivity index (χ3n) is 3.65. The molecule has 98 valence electrons. The molecule has 0 aromatic heterocycles. The second kappa shape index (κ2) is 5.25. The predicted molar refractivity (Wildman–Crippen MR) is 82.1 cm³/mol. The van der Waals surface area contributed by atoms with Crippen LogP contribution >= 0.6 is 15.9 Å². The van der Waals surface area contributed by atoms with Crippen molar-refractivity contribution in [3.63, 3.8) is 0 Å². The Labute approximate surface area is 122 Å². The minimum Gasteiger partial charge on any atom is -0.497 e. The lowest BCUT2D eigenvalue weighted by atomic mass is 9.91. The number of rotatable bonds is 3. The van der Waals surface area contributed by atoms with Gasteiger partial charge in [0.2, 0.25) is 0 Å². The van der Waals surface area contributed by atoms with Crippen molar-refractivity contribution in [2.45, 2.75) is 5.92 Å². The number of hydrogen-bond donors (Lipinski definition) is 0. The van der Waals surface area contributed by atoms with Crippen molar-refractivity contribution >= 4 is 21.6 Å². The molecule has 1 fully saturated rings. The molecule has 0 amide bonds. The molecular weight excluding hydrogens is 302 g/mol. The summed E-state index contributed by atoms with van der Waals surface area (Å²) in [5.74, 6) is 1.54. The highest BCUT2D eigenvalue weighted by atomic mass is 79.9. The summed E-state index contributed by atoms with van der Waals surface area (Å²) in [5, 5.41) is 0. The average molecular weight is 318 g/mol. The molecule has 1 aliphatic rings. The van der Waals surface area contributed by atoms with Crippen LogP contribution in [0.3, 0.4) is 0 Å². The maximum absolute atomic E-state index is 5.29. The van der Waals surface area contributed by atoms with Crippen molar-refractivity contribution < 1.29 is 4.74 Å². The molecule has 0 aliphatic carbocycles. The molecule has 0 radical (unpaired) electrons. The van der Waals surface area contributed by atoms with Crippen molar-refractivity contribution in [3.05, 3.63) is 58.6 Å². The summed E-state index contributed by atoms with van der Waals surface area (Å²) in [6.07, 6.45) is 0. The van der Waals surface area contributed by atoms with Crippen LogP contribution in [-0.4, -0.2) is 20.2 Å². The fourth-order valence-corrected chi connectivity index (χ4v) is 2.97. The van der Waals surface area contributed by atoms with E-state index < -0.39 is 0 Å². The molecule has 2 aromatic carbocycles. The molecule has 0 spiro atoms. The predicted octanol–water partition coefficient (Wildman–Crippen LogP) is 4.06. The van der Waals surface area contributed by atoms with E-state index in [1.165, 1.54) is 11.3 Å². The minimum atomic E-state index is 0.638. The van der Waals surface area contributed by atoms with Crippen molar-refractivity contribution in [1.29, 1.82) is 0 Å². The van der Waals surface area contributed by atoms with Crippen molar-refractivity contribution in [3.8, 4) is 5.75 Å². The first-order valence-corrected chi connectivity index (χ1v) is 7.20. The molecule has 19 heavy (non-hydrogen) atoms. The maximum Gasteiger partial charge on any atom is 0.121 e. The van der Waals surface area contributed by atoms with Crippen molar-refractivity contribution in [1.82, 2.24) is 0 Å². The quantitative estimate of drug-likeness (QED) is 0.846. The van der Waals surface area contributed by atoms with Crippen LogP contribution in [0.15, 0.2) is 53.0 Å². The molecule has 2 aromatic rings. The van der Waals surface area contributed by atoms with Crippen LogP contribution in [0.4, 0.5) is 5.69 Å². The average Bonchev–Trinajstić information content (AvgIpc) is 2.40. The summed E-state index contributed by atoms with van der Waals surface area (Å²) in [6, 6.07) is 16.8. The van der Waals surface area contributed by atoms with E-state index in [2.05, 4.69) is 57.2 Å². The van der Waals surface area contributed by atoms with E-state index in [1.807, 2.05) is 12.1 Å². The third kappa shape index (κ3) is 2.47. The minimum absolute atomic E-state index is 0.638. The summed E-state index contributed by atoms with van der Waals surface area (Å²) in [4.78, 5) is 2.38. The Kier molecular flexibility index (Phi) is 3.47. The van der Waals surface area contributed by atoms with Gasteiger partial charge in [0, 0.05) is 29.5 Å². The van der Waals surface area contributed by atoms with E-state index in [9.17, 15) is 0 Å². The van der Waals surface area contributed by atoms with Crippen molar-refractivity contribution in [2.24, 2.45) is 0 Å². The summed E-state index contributed by atoms with van der Waals surface area (Å²) >= 11 is 3.61. The van der Waals surface area contributed by atoms with Crippen LogP contribution in [0.25, 0.3) is 0 Å². The first kappa shape index (κ1) is 12.5. The number of ether oxygens (including phenoxy) is 1. The molecule has 2 nitrogen and oxygen atoms in total. The second-order valence-corrected chi connectivity index (χ2v) is 5.68. The van der Waals surface area contributed by atoms with E-state index >= 15 is 0 Å². The van der Waals surface area contributed by atoms with Gasteiger partial charge in [-0.05, 0) is 33.6 Å². The molecule has 3 rings (SSSR count). The van der Waals surface area contributed by atoms with Gasteiger partial charge in [0.15, 0.2) is 0 Å². The highest BCUT2D eigenvalue weighted by Gasteiger charge is 2.29. The van der Waals surface area contributed by atoms with Gasteiger partial charge in [-0.3, -0.25) is 0 Å². The highest BCUT2D eigenvalue weighted by molar-refractivity contribution is 9.10. The van der Waals surface area contributed by atoms with Gasteiger partial charge in [0.25, 0.3) is 0 Å². The largest absolute Gasteiger partial charge is 0.497 e. The van der Waals surface area contributed by atoms with Gasteiger partial charge in [0.1, 0.15) is 5.75 Å². The molecule has 1 aliphatic heterocycles. The molecule has 1 saturated heterocycles. The number of anilines is 1. The van der Waals surface area contributed by atoms with Crippen LogP contribution in [0.5, 0.6) is 5.75 Å². The molecule has 0 bridgehead atoms. The number of halogens is 1. The fraction of sp³-hybridized carbons (Fsp3) is 0.250. The normalized spacial score (nSPS) is 15.2. The molecular formula is C16H16BrNO. The lowest BCUT2D eigenvalue weighted by Gasteiger charge is -2.42. The maximum atomic E-state index is 5.29. The van der Waals surface area contributed by atoms with E-state index in [1.54, 1.807) is 7.11 Å². The van der Waals surface area contributed by atoms with Crippen molar-refractivity contribution in [2.75, 3.05) is 25.1 Å². The molecule has 0 N–H and O–H groups in total. The zero-order valence-electron chi connectivity index (χ0n) is 10.8. The van der Waals surface area contributed by atoms with Crippen LogP contribution in [-0.2, 0) is 0 Å². The van der Waals surface area contributed by atoms with Gasteiger partial charge in [-0.15, -0.1) is 0 Å². The Morgan fingerprint density at radius 3 is 2.53 bits per heavy atom. The van der Waals surface area contributed by atoms with Crippen LogP contribution < -0.4 is 9.64 Å². The van der Waals surface area contributed by atoms with Gasteiger partial charge in [0.05, 0.1) is 12.8 Å². The number of hydrogen-bond acceptors (Lipinski definition) is 2. The molecule has 0 unspecified atom stereocenters. The topological polar surface area (TPSA) is 12.5 Å². The van der Waals surface area contributed by atoms with Gasteiger partial charge in [-0.1, -0.05) is 30.3 Å². The molecule has 0 atom stereocenters. The summed E-state index contributed by atoms with van der Waals surface area (Å²) in [5.41, 5.74) is 2.64. The highest BCUT2D eigenvalue weighted by Crippen LogP contribution is 2.37. The van der Waals surface area contributed by atoms with Gasteiger partial charge in [-0.25, -0.2) is 0 Å². The van der Waals surface area contributed by atoms with Crippen LogP contribution in [0.1, 0.15) is 11.5 Å². The first-order valence-electron chi connectivity index (χ1n) is 6.41. The van der Waals surface area contributed by atoms with Gasteiger partial charge < -0.3 is 9.64 Å². The van der Waals surface area contributed by atoms with E-state index in [-0.39, 0.29) is 0 Å². The molecule has 3 heteroatoms. The lowest BCUT2D eigenvalue weighted by Crippen LogP contribution is -2.45. The van der Waals surface area contributed by atoms with E-state index in [0.717, 1.165) is 23.3 Å². The molecule has 1 heterocycles. The van der Waals surface area contributed by atoms with E-state index in [0.29, 0.717) is 5.92 Å². The Balaban J connectivity index is 1.74. The Morgan fingerprint density at radius 1 is 1.11 bits per heavy atom. The number of nitrogens with zero attached hydrogens (tertiary/aromatic N) is 1. The Bertz CT molecular complexity index is 564. The molecule has 0 saturated carbocycles. The van der Waals surface area contributed by atoms with E-state index in [4.69, 9.17) is 4.74 Å². The van der Waals surface area contributed by atoms with Crippen LogP contribution in [0, 0.1) is 0 Å². The zero-order chi connectivity index (χ0) is 13.2. The summed E-state index contributed by atoms with van der Waals surface area (Å²) in [7, 11) is 1.70. The fourth-order valence-electron chi connectivity index (χ4n) is 2.47. The van der Waals surface area contributed by atoms with Gasteiger partial charge >= 0.3 is 0 Å². The standard InChI is InChI=1S/C16H16BrNO/c1-19-14-7-8-15(17)16(9-14)18-10-13(11-18)12-5-3-2-4-6-12/h2-9,13H,10-11H2,1H3. The zero-order valence-corrected chi connectivity index (χ0v) is 12.4. The number of benzene rings is 2. The first-order chi connectivity index (χ1) is 9.28. The Hall–Kier alpha value is -1.48. The third-order valence-corrected chi connectivity index (χ3v) is 4.32. The van der Waals surface area contributed by atoms with Gasteiger partial charge in [-0.2, -0.15) is 0 Å². The number of methoxy groups -OCH3 is 1. The summed E-state index contributed by atoms with van der Waals surface area (Å²) < 4.78 is 6.42. The summed E-state index contributed by atoms with van der Waals surface area (Å²) in [6.45, 7) is 2.13. The second-order valence-electron chi connectivity index (χ2n) is 4.83. The lowest BCUT2D eigenvalue weighted by molar-refractivity contribution is 0.414. The Morgan fingerprint density at radius 2 is 1.84 bits per heavy atom. The monoisotopic (exact) mass is 317 g/mol. The SMILES string of the molecule is COc1ccc(Br)c(N2CC(c3ccccc3)C2)c1.